The summed E-state index contributed by atoms with van der Waals surface area (Å²) in [5.41, 5.74) is 0. The number of nitrogens with one attached hydrogen (secondary N) is 2. The summed E-state index contributed by atoms with van der Waals surface area (Å²) in [6.45, 7) is 6.12. The van der Waals surface area contributed by atoms with Crippen molar-refractivity contribution in [2.45, 2.75) is 45.6 Å². The van der Waals surface area contributed by atoms with Gasteiger partial charge in [0, 0.05) is 6.54 Å². The smallest absolute Gasteiger partial charge is 0.237 e. The van der Waals surface area contributed by atoms with Gasteiger partial charge in [-0.2, -0.15) is 0 Å². The Kier molecular flexibility index (Phi) is 4.94. The molecule has 1 aliphatic rings. The van der Waals surface area contributed by atoms with Gasteiger partial charge >= 0.3 is 0 Å². The van der Waals surface area contributed by atoms with E-state index in [0.29, 0.717) is 5.92 Å². The normalized spacial score (nSPS) is 26.4. The topological polar surface area (TPSA) is 41.1 Å². The fourth-order valence-electron chi connectivity index (χ4n) is 1.88. The van der Waals surface area contributed by atoms with Crippen LogP contribution in [0.4, 0.5) is 0 Å². The third kappa shape index (κ3) is 3.29. The van der Waals surface area contributed by atoms with Crippen LogP contribution in [0.3, 0.4) is 0 Å². The van der Waals surface area contributed by atoms with Gasteiger partial charge in [-0.05, 0) is 25.3 Å². The van der Waals surface area contributed by atoms with Crippen LogP contribution in [0.2, 0.25) is 0 Å². The van der Waals surface area contributed by atoms with Crippen molar-refractivity contribution in [2.24, 2.45) is 5.92 Å². The largest absolute Gasteiger partial charge is 0.355 e. The van der Waals surface area contributed by atoms with Crippen LogP contribution in [0.15, 0.2) is 0 Å². The summed E-state index contributed by atoms with van der Waals surface area (Å²) >= 11 is 0. The Morgan fingerprint density at radius 2 is 2.29 bits per heavy atom. The van der Waals surface area contributed by atoms with E-state index in [-0.39, 0.29) is 11.9 Å². The van der Waals surface area contributed by atoms with Gasteiger partial charge in [0.05, 0.1) is 6.04 Å². The molecule has 0 saturated carbocycles. The molecular formula is C11H22N2O. The first-order chi connectivity index (χ1) is 6.75. The average molecular weight is 198 g/mol. The van der Waals surface area contributed by atoms with Gasteiger partial charge in [0.1, 0.15) is 0 Å². The molecule has 1 fully saturated rings. The van der Waals surface area contributed by atoms with Crippen molar-refractivity contribution in [1.29, 1.82) is 0 Å². The maximum atomic E-state index is 11.6. The Morgan fingerprint density at radius 1 is 1.50 bits per heavy atom. The zero-order valence-corrected chi connectivity index (χ0v) is 9.31. The molecular weight excluding hydrogens is 176 g/mol. The molecule has 1 heterocycles. The second-order valence-corrected chi connectivity index (χ2v) is 4.20. The third-order valence-electron chi connectivity index (χ3n) is 2.89. The number of rotatable bonds is 5. The van der Waals surface area contributed by atoms with Gasteiger partial charge in [-0.25, -0.2) is 0 Å². The van der Waals surface area contributed by atoms with E-state index in [0.717, 1.165) is 25.9 Å². The van der Waals surface area contributed by atoms with E-state index in [1.54, 1.807) is 0 Å². The van der Waals surface area contributed by atoms with Crippen molar-refractivity contribution in [3.05, 3.63) is 0 Å². The molecule has 0 aromatic heterocycles. The molecule has 1 rings (SSSR count). The van der Waals surface area contributed by atoms with Crippen LogP contribution >= 0.6 is 0 Å². The summed E-state index contributed by atoms with van der Waals surface area (Å²) < 4.78 is 0. The molecule has 1 aliphatic heterocycles. The quantitative estimate of drug-likeness (QED) is 0.654. The molecule has 2 atom stereocenters. The minimum atomic E-state index is 0.0524. The molecule has 14 heavy (non-hydrogen) atoms. The highest BCUT2D eigenvalue weighted by molar-refractivity contribution is 5.82. The zero-order chi connectivity index (χ0) is 10.4. The lowest BCUT2D eigenvalue weighted by atomic mass is 10.0. The SMILES string of the molecule is CCCCCNC(=O)C1NCCC1C. The number of carbonyl (C=O) groups is 1. The molecule has 0 radical (unpaired) electrons. The summed E-state index contributed by atoms with van der Waals surface area (Å²) in [6, 6.07) is 0.0524. The number of unbranched alkanes of at least 4 members (excludes halogenated alkanes) is 2. The summed E-state index contributed by atoms with van der Waals surface area (Å²) in [5, 5.41) is 6.22. The van der Waals surface area contributed by atoms with Crippen LogP contribution in [0.5, 0.6) is 0 Å². The van der Waals surface area contributed by atoms with Crippen molar-refractivity contribution in [3.63, 3.8) is 0 Å². The van der Waals surface area contributed by atoms with Gasteiger partial charge in [-0.3, -0.25) is 4.79 Å². The standard InChI is InChI=1S/C11H22N2O/c1-3-4-5-7-13-11(14)10-9(2)6-8-12-10/h9-10,12H,3-8H2,1-2H3,(H,13,14). The summed E-state index contributed by atoms with van der Waals surface area (Å²) in [4.78, 5) is 11.6. The molecule has 0 spiro atoms. The maximum absolute atomic E-state index is 11.6. The van der Waals surface area contributed by atoms with E-state index in [1.165, 1.54) is 12.8 Å². The van der Waals surface area contributed by atoms with Crippen LogP contribution in [0, 0.1) is 5.92 Å². The Balaban J connectivity index is 2.14. The maximum Gasteiger partial charge on any atom is 0.237 e. The molecule has 0 bridgehead atoms. The van der Waals surface area contributed by atoms with Crippen LogP contribution in [0.1, 0.15) is 39.5 Å². The monoisotopic (exact) mass is 198 g/mol. The Morgan fingerprint density at radius 3 is 2.86 bits per heavy atom. The highest BCUT2D eigenvalue weighted by atomic mass is 16.2. The molecule has 82 valence electrons. The molecule has 2 unspecified atom stereocenters. The van der Waals surface area contributed by atoms with Crippen molar-refractivity contribution in [3.8, 4) is 0 Å². The van der Waals surface area contributed by atoms with Gasteiger partial charge < -0.3 is 10.6 Å². The first-order valence-corrected chi connectivity index (χ1v) is 5.76. The zero-order valence-electron chi connectivity index (χ0n) is 9.31. The lowest BCUT2D eigenvalue weighted by Gasteiger charge is -2.15. The molecule has 0 aromatic rings. The van der Waals surface area contributed by atoms with E-state index in [1.807, 2.05) is 0 Å². The minimum absolute atomic E-state index is 0.0524. The number of hydrogen-bond acceptors (Lipinski definition) is 2. The molecule has 1 saturated heterocycles. The van der Waals surface area contributed by atoms with Crippen molar-refractivity contribution in [1.82, 2.24) is 10.6 Å². The number of amides is 1. The van der Waals surface area contributed by atoms with Gasteiger partial charge in [-0.1, -0.05) is 26.7 Å². The van der Waals surface area contributed by atoms with E-state index in [4.69, 9.17) is 0 Å². The fourth-order valence-corrected chi connectivity index (χ4v) is 1.88. The predicted molar refractivity (Wildman–Crippen MR) is 58.1 cm³/mol. The molecule has 3 nitrogen and oxygen atoms in total. The fraction of sp³-hybridized carbons (Fsp3) is 0.909. The van der Waals surface area contributed by atoms with Crippen molar-refractivity contribution < 1.29 is 4.79 Å². The Labute approximate surface area is 86.6 Å². The van der Waals surface area contributed by atoms with Gasteiger partial charge in [-0.15, -0.1) is 0 Å². The second kappa shape index (κ2) is 6.02. The Bertz CT molecular complexity index is 182. The molecule has 2 N–H and O–H groups in total. The average Bonchev–Trinajstić information content (AvgIpc) is 2.59. The van der Waals surface area contributed by atoms with Crippen molar-refractivity contribution >= 4 is 5.91 Å². The minimum Gasteiger partial charge on any atom is -0.355 e. The highest BCUT2D eigenvalue weighted by Gasteiger charge is 2.28. The third-order valence-corrected chi connectivity index (χ3v) is 2.89. The molecule has 1 amide bonds. The molecule has 0 aliphatic carbocycles. The Hall–Kier alpha value is -0.570. The first kappa shape index (κ1) is 11.5. The number of hydrogen-bond donors (Lipinski definition) is 2. The lowest BCUT2D eigenvalue weighted by Crippen LogP contribution is -2.43. The van der Waals surface area contributed by atoms with E-state index >= 15 is 0 Å². The highest BCUT2D eigenvalue weighted by Crippen LogP contribution is 2.14. The molecule has 0 aromatic carbocycles. The van der Waals surface area contributed by atoms with Gasteiger partial charge in [0.15, 0.2) is 0 Å². The van der Waals surface area contributed by atoms with Crippen LogP contribution in [-0.4, -0.2) is 25.0 Å². The predicted octanol–water partition coefficient (Wildman–Crippen LogP) is 1.29. The van der Waals surface area contributed by atoms with Crippen LogP contribution in [0.25, 0.3) is 0 Å². The summed E-state index contributed by atoms with van der Waals surface area (Å²) in [5.74, 6) is 0.673. The van der Waals surface area contributed by atoms with Gasteiger partial charge in [0.25, 0.3) is 0 Å². The number of carbonyl (C=O) groups excluding carboxylic acids is 1. The lowest BCUT2D eigenvalue weighted by molar-refractivity contribution is -0.123. The second-order valence-electron chi connectivity index (χ2n) is 4.20. The van der Waals surface area contributed by atoms with E-state index in [2.05, 4.69) is 24.5 Å². The summed E-state index contributed by atoms with van der Waals surface area (Å²) in [6.07, 6.45) is 4.62. The van der Waals surface area contributed by atoms with E-state index < -0.39 is 0 Å². The van der Waals surface area contributed by atoms with Crippen LogP contribution < -0.4 is 10.6 Å². The van der Waals surface area contributed by atoms with Crippen molar-refractivity contribution in [2.75, 3.05) is 13.1 Å². The van der Waals surface area contributed by atoms with Gasteiger partial charge in [0.2, 0.25) is 5.91 Å². The van der Waals surface area contributed by atoms with Crippen LogP contribution in [-0.2, 0) is 4.79 Å². The molecule has 3 heteroatoms. The van der Waals surface area contributed by atoms with E-state index in [9.17, 15) is 4.79 Å². The first-order valence-electron chi connectivity index (χ1n) is 5.76. The summed E-state index contributed by atoms with van der Waals surface area (Å²) in [7, 11) is 0.